The second-order valence-corrected chi connectivity index (χ2v) is 5.36. The van der Waals surface area contributed by atoms with Crippen LogP contribution in [-0.2, 0) is 11.3 Å². The molecular formula is C16H23NO3. The highest BCUT2D eigenvalue weighted by atomic mass is 16.5. The topological polar surface area (TPSA) is 49.8 Å². The Kier molecular flexibility index (Phi) is 5.56. The van der Waals surface area contributed by atoms with Crippen molar-refractivity contribution in [3.63, 3.8) is 0 Å². The molecule has 1 heterocycles. The largest absolute Gasteiger partial charge is 0.392 e. The SMILES string of the molecule is CN(CCC[C@H]1CCCO1)C(=O)c1ccc(CO)cc1. The summed E-state index contributed by atoms with van der Waals surface area (Å²) in [6.45, 7) is 1.64. The summed E-state index contributed by atoms with van der Waals surface area (Å²) < 4.78 is 5.58. The summed E-state index contributed by atoms with van der Waals surface area (Å²) in [5.74, 6) is 0.0295. The van der Waals surface area contributed by atoms with Crippen LogP contribution in [0, 0.1) is 0 Å². The van der Waals surface area contributed by atoms with E-state index < -0.39 is 0 Å². The fourth-order valence-corrected chi connectivity index (χ4v) is 2.50. The molecule has 0 aromatic heterocycles. The molecule has 0 aliphatic carbocycles. The lowest BCUT2D eigenvalue weighted by atomic mass is 10.1. The second kappa shape index (κ2) is 7.41. The molecule has 1 saturated heterocycles. The molecule has 0 spiro atoms. The van der Waals surface area contributed by atoms with E-state index in [1.165, 1.54) is 0 Å². The summed E-state index contributed by atoms with van der Waals surface area (Å²) in [6, 6.07) is 7.11. The van der Waals surface area contributed by atoms with Gasteiger partial charge in [0.1, 0.15) is 0 Å². The van der Waals surface area contributed by atoms with Gasteiger partial charge in [0.15, 0.2) is 0 Å². The molecule has 4 nitrogen and oxygen atoms in total. The van der Waals surface area contributed by atoms with Gasteiger partial charge < -0.3 is 14.7 Å². The highest BCUT2D eigenvalue weighted by molar-refractivity contribution is 5.94. The number of nitrogens with zero attached hydrogens (tertiary/aromatic N) is 1. The van der Waals surface area contributed by atoms with Gasteiger partial charge in [0.2, 0.25) is 0 Å². The fourth-order valence-electron chi connectivity index (χ4n) is 2.50. The third-order valence-electron chi connectivity index (χ3n) is 3.77. The summed E-state index contributed by atoms with van der Waals surface area (Å²) >= 11 is 0. The molecule has 1 amide bonds. The van der Waals surface area contributed by atoms with Crippen LogP contribution >= 0.6 is 0 Å². The Hall–Kier alpha value is -1.39. The Morgan fingerprint density at radius 2 is 2.15 bits per heavy atom. The van der Waals surface area contributed by atoms with Gasteiger partial charge >= 0.3 is 0 Å². The molecule has 0 unspecified atom stereocenters. The first-order valence-corrected chi connectivity index (χ1v) is 7.27. The quantitative estimate of drug-likeness (QED) is 0.867. The summed E-state index contributed by atoms with van der Waals surface area (Å²) in [5.41, 5.74) is 1.49. The van der Waals surface area contributed by atoms with E-state index in [0.717, 1.165) is 44.4 Å². The van der Waals surface area contributed by atoms with E-state index in [2.05, 4.69) is 0 Å². The molecule has 1 aromatic rings. The number of aliphatic hydroxyl groups excluding tert-OH is 1. The molecule has 1 aromatic carbocycles. The van der Waals surface area contributed by atoms with Crippen molar-refractivity contribution in [1.82, 2.24) is 4.90 Å². The lowest BCUT2D eigenvalue weighted by molar-refractivity contribution is 0.0763. The number of carbonyl (C=O) groups is 1. The van der Waals surface area contributed by atoms with Crippen LogP contribution in [0.1, 0.15) is 41.6 Å². The number of ether oxygens (including phenoxy) is 1. The number of carbonyl (C=O) groups excluding carboxylic acids is 1. The normalized spacial score (nSPS) is 18.2. The van der Waals surface area contributed by atoms with Gasteiger partial charge in [0.05, 0.1) is 12.7 Å². The maximum Gasteiger partial charge on any atom is 0.253 e. The van der Waals surface area contributed by atoms with Crippen molar-refractivity contribution in [2.45, 2.75) is 38.4 Å². The van der Waals surface area contributed by atoms with Crippen LogP contribution in [0.15, 0.2) is 24.3 Å². The van der Waals surface area contributed by atoms with Crippen molar-refractivity contribution < 1.29 is 14.6 Å². The van der Waals surface area contributed by atoms with Crippen LogP contribution in [0.5, 0.6) is 0 Å². The van der Waals surface area contributed by atoms with Gasteiger partial charge in [0, 0.05) is 25.8 Å². The highest BCUT2D eigenvalue weighted by Gasteiger charge is 2.16. The van der Waals surface area contributed by atoms with Gasteiger partial charge in [-0.3, -0.25) is 4.79 Å². The third-order valence-corrected chi connectivity index (χ3v) is 3.77. The molecule has 1 aliphatic heterocycles. The van der Waals surface area contributed by atoms with Crippen LogP contribution in [0.25, 0.3) is 0 Å². The third kappa shape index (κ3) is 4.05. The van der Waals surface area contributed by atoms with Crippen molar-refractivity contribution in [2.24, 2.45) is 0 Å². The Bertz CT molecular complexity index is 424. The van der Waals surface area contributed by atoms with E-state index in [9.17, 15) is 4.79 Å². The minimum absolute atomic E-state index is 0.00565. The molecule has 1 aliphatic rings. The van der Waals surface area contributed by atoms with Gasteiger partial charge in [0.25, 0.3) is 5.91 Å². The minimum atomic E-state index is 0.00565. The Balaban J connectivity index is 1.78. The number of hydrogen-bond donors (Lipinski definition) is 1. The molecule has 2 rings (SSSR count). The average molecular weight is 277 g/mol. The zero-order valence-electron chi connectivity index (χ0n) is 12.0. The summed E-state index contributed by atoms with van der Waals surface area (Å²) in [4.78, 5) is 14.0. The average Bonchev–Trinajstić information content (AvgIpc) is 2.99. The summed E-state index contributed by atoms with van der Waals surface area (Å²) in [5, 5.41) is 8.99. The molecule has 0 radical (unpaired) electrons. The predicted octanol–water partition coefficient (Wildman–Crippen LogP) is 2.21. The molecule has 1 fully saturated rings. The number of amides is 1. The van der Waals surface area contributed by atoms with Gasteiger partial charge in [-0.05, 0) is 43.4 Å². The van der Waals surface area contributed by atoms with Crippen molar-refractivity contribution in [3.05, 3.63) is 35.4 Å². The highest BCUT2D eigenvalue weighted by Crippen LogP contribution is 2.17. The standard InChI is InChI=1S/C16H23NO3/c1-17(10-2-4-15-5-3-11-20-15)16(19)14-8-6-13(12-18)7-9-14/h6-9,15,18H,2-5,10-12H2,1H3/t15-/m0/s1. The summed E-state index contributed by atoms with van der Waals surface area (Å²) in [7, 11) is 1.83. The second-order valence-electron chi connectivity index (χ2n) is 5.36. The predicted molar refractivity (Wildman–Crippen MR) is 77.5 cm³/mol. The van der Waals surface area contributed by atoms with Crippen molar-refractivity contribution in [1.29, 1.82) is 0 Å². The molecule has 110 valence electrons. The molecule has 1 N–H and O–H groups in total. The Labute approximate surface area is 120 Å². The monoisotopic (exact) mass is 277 g/mol. The lowest BCUT2D eigenvalue weighted by Gasteiger charge is -2.18. The van der Waals surface area contributed by atoms with Crippen molar-refractivity contribution >= 4 is 5.91 Å². The van der Waals surface area contributed by atoms with E-state index in [1.807, 2.05) is 7.05 Å². The zero-order chi connectivity index (χ0) is 14.4. The maximum atomic E-state index is 12.2. The van der Waals surface area contributed by atoms with E-state index in [0.29, 0.717) is 11.7 Å². The molecule has 0 saturated carbocycles. The van der Waals surface area contributed by atoms with Crippen LogP contribution < -0.4 is 0 Å². The van der Waals surface area contributed by atoms with E-state index in [1.54, 1.807) is 29.2 Å². The molecule has 0 bridgehead atoms. The fraction of sp³-hybridized carbons (Fsp3) is 0.562. The van der Waals surface area contributed by atoms with Gasteiger partial charge in [-0.15, -0.1) is 0 Å². The molecule has 4 heteroatoms. The Morgan fingerprint density at radius 1 is 1.40 bits per heavy atom. The molecular weight excluding hydrogens is 254 g/mol. The van der Waals surface area contributed by atoms with Gasteiger partial charge in [-0.1, -0.05) is 12.1 Å². The first kappa shape index (κ1) is 15.0. The van der Waals surface area contributed by atoms with E-state index in [-0.39, 0.29) is 12.5 Å². The number of hydrogen-bond acceptors (Lipinski definition) is 3. The van der Waals surface area contributed by atoms with E-state index in [4.69, 9.17) is 9.84 Å². The van der Waals surface area contributed by atoms with Crippen LogP contribution in [0.4, 0.5) is 0 Å². The minimum Gasteiger partial charge on any atom is -0.392 e. The van der Waals surface area contributed by atoms with Gasteiger partial charge in [-0.25, -0.2) is 0 Å². The molecule has 1 atom stereocenters. The molecule has 20 heavy (non-hydrogen) atoms. The van der Waals surface area contributed by atoms with E-state index >= 15 is 0 Å². The van der Waals surface area contributed by atoms with Crippen molar-refractivity contribution in [2.75, 3.05) is 20.2 Å². The maximum absolute atomic E-state index is 12.2. The van der Waals surface area contributed by atoms with Crippen LogP contribution in [0.3, 0.4) is 0 Å². The Morgan fingerprint density at radius 3 is 2.75 bits per heavy atom. The first-order valence-electron chi connectivity index (χ1n) is 7.27. The summed E-state index contributed by atoms with van der Waals surface area (Å²) in [6.07, 6.45) is 4.71. The number of rotatable bonds is 6. The van der Waals surface area contributed by atoms with Crippen LogP contribution in [-0.4, -0.2) is 42.2 Å². The van der Waals surface area contributed by atoms with Crippen LogP contribution in [0.2, 0.25) is 0 Å². The number of benzene rings is 1. The number of aliphatic hydroxyl groups is 1. The first-order chi connectivity index (χ1) is 9.70. The lowest BCUT2D eigenvalue weighted by Crippen LogP contribution is -2.28. The van der Waals surface area contributed by atoms with Crippen molar-refractivity contribution in [3.8, 4) is 0 Å². The zero-order valence-corrected chi connectivity index (χ0v) is 12.0. The van der Waals surface area contributed by atoms with Gasteiger partial charge in [-0.2, -0.15) is 0 Å². The smallest absolute Gasteiger partial charge is 0.253 e.